The molecule has 10 heteroatoms. The van der Waals surface area contributed by atoms with Gasteiger partial charge in [-0.05, 0) is 47.2 Å². The van der Waals surface area contributed by atoms with Crippen molar-refractivity contribution in [2.24, 2.45) is 0 Å². The second kappa shape index (κ2) is 10.4. The maximum Gasteiger partial charge on any atom is 0.311 e. The lowest BCUT2D eigenvalue weighted by Crippen LogP contribution is -2.71. The zero-order valence-electron chi connectivity index (χ0n) is 26.7. The first-order chi connectivity index (χ1) is 23.1. The number of carbonyl (C=O) groups is 4. The van der Waals surface area contributed by atoms with Crippen molar-refractivity contribution in [3.63, 3.8) is 0 Å². The first-order valence-corrected chi connectivity index (χ1v) is 16.1. The van der Waals surface area contributed by atoms with Crippen LogP contribution in [0.2, 0.25) is 0 Å². The van der Waals surface area contributed by atoms with Gasteiger partial charge in [0.05, 0.1) is 10.8 Å². The van der Waals surface area contributed by atoms with Gasteiger partial charge in [-0.3, -0.25) is 19.2 Å². The summed E-state index contributed by atoms with van der Waals surface area (Å²) in [6, 6.07) is 34.9. The van der Waals surface area contributed by atoms with E-state index in [1.165, 1.54) is 0 Å². The molecule has 10 nitrogen and oxygen atoms in total. The quantitative estimate of drug-likeness (QED) is 0.241. The first kappa shape index (κ1) is 29.7. The fraction of sp³-hybridized carbons (Fsp3) is 0.263. The van der Waals surface area contributed by atoms with Gasteiger partial charge in [0.2, 0.25) is 11.3 Å². The molecule has 0 aliphatic carbocycles. The molecule has 2 fully saturated rings. The number of rotatable bonds is 6. The van der Waals surface area contributed by atoms with Crippen molar-refractivity contribution < 1.29 is 19.2 Å². The molecule has 48 heavy (non-hydrogen) atoms. The maximum atomic E-state index is 14.2. The highest BCUT2D eigenvalue weighted by atomic mass is 16.2. The van der Waals surface area contributed by atoms with Crippen LogP contribution in [0.1, 0.15) is 22.3 Å². The molecule has 4 aromatic rings. The highest BCUT2D eigenvalue weighted by Crippen LogP contribution is 2.54. The van der Waals surface area contributed by atoms with Crippen LogP contribution in [0.5, 0.6) is 0 Å². The number of nitrogens with zero attached hydrogens (tertiary/aromatic N) is 2. The second-order valence-corrected chi connectivity index (χ2v) is 13.6. The Kier molecular flexibility index (Phi) is 6.46. The minimum absolute atomic E-state index is 0.316. The minimum atomic E-state index is -1.64. The van der Waals surface area contributed by atoms with Gasteiger partial charge in [-0.1, -0.05) is 97.1 Å². The normalized spacial score (nSPS) is 27.8. The number of benzene rings is 4. The number of fused-ring (bicyclic) bond motifs is 6. The van der Waals surface area contributed by atoms with E-state index in [0.29, 0.717) is 25.9 Å². The molecule has 8 rings (SSSR count). The second-order valence-electron chi connectivity index (χ2n) is 13.6. The van der Waals surface area contributed by atoms with Crippen LogP contribution in [0.3, 0.4) is 0 Å². The third-order valence-electron chi connectivity index (χ3n) is 10.8. The van der Waals surface area contributed by atoms with E-state index in [1.807, 2.05) is 109 Å². The van der Waals surface area contributed by atoms with Gasteiger partial charge in [0.1, 0.15) is 0 Å². The third-order valence-corrected chi connectivity index (χ3v) is 10.8. The number of likely N-dealkylation sites (N-methyl/N-ethyl adjacent to an activating group) is 2. The molecule has 0 radical (unpaired) electrons. The molecule has 4 aromatic carbocycles. The molecule has 0 spiro atoms. The topological polar surface area (TPSA) is 123 Å². The smallest absolute Gasteiger partial charge is 0.311 e. The summed E-state index contributed by atoms with van der Waals surface area (Å²) >= 11 is 0. The van der Waals surface area contributed by atoms with Gasteiger partial charge < -0.3 is 31.1 Å². The molecule has 0 bridgehead atoms. The predicted molar refractivity (Wildman–Crippen MR) is 181 cm³/mol. The molecule has 242 valence electrons. The number of para-hydroxylation sites is 2. The Morgan fingerprint density at radius 3 is 1.33 bits per heavy atom. The molecular formula is C38H36N6O4. The number of carbonyl (C=O) groups excluding carboxylic acids is 4. The van der Waals surface area contributed by atoms with E-state index in [2.05, 4.69) is 21.3 Å². The molecule has 4 amide bonds. The number of nitrogens with one attached hydrogen (secondary N) is 4. The summed E-state index contributed by atoms with van der Waals surface area (Å²) in [4.78, 5) is 60.1. The van der Waals surface area contributed by atoms with E-state index in [1.54, 1.807) is 23.9 Å². The molecule has 0 aromatic heterocycles. The average Bonchev–Trinajstić information content (AvgIpc) is 3.65. The highest BCUT2D eigenvalue weighted by molar-refractivity contribution is 6.37. The van der Waals surface area contributed by atoms with Crippen LogP contribution in [0.25, 0.3) is 0 Å². The molecule has 4 atom stereocenters. The minimum Gasteiger partial charge on any atom is -0.354 e. The van der Waals surface area contributed by atoms with Crippen molar-refractivity contribution in [3.05, 3.63) is 131 Å². The number of likely N-dealkylation sites (tertiary alicyclic amines) is 2. The Morgan fingerprint density at radius 2 is 0.938 bits per heavy atom. The first-order valence-electron chi connectivity index (χ1n) is 16.1. The van der Waals surface area contributed by atoms with E-state index in [9.17, 15) is 19.2 Å². The lowest BCUT2D eigenvalue weighted by Gasteiger charge is -2.40. The largest absolute Gasteiger partial charge is 0.354 e. The molecule has 4 aliphatic rings. The van der Waals surface area contributed by atoms with E-state index in [0.717, 1.165) is 33.6 Å². The van der Waals surface area contributed by atoms with Crippen molar-refractivity contribution in [3.8, 4) is 0 Å². The molecule has 0 saturated carbocycles. The van der Waals surface area contributed by atoms with Crippen molar-refractivity contribution in [1.82, 2.24) is 20.4 Å². The average molecular weight is 641 g/mol. The molecule has 2 saturated heterocycles. The van der Waals surface area contributed by atoms with Gasteiger partial charge >= 0.3 is 11.8 Å². The Balaban J connectivity index is 1.18. The van der Waals surface area contributed by atoms with Crippen molar-refractivity contribution in [2.75, 3.05) is 37.8 Å². The summed E-state index contributed by atoms with van der Waals surface area (Å²) in [6.07, 6.45) is 0.861. The van der Waals surface area contributed by atoms with Gasteiger partial charge in [-0.15, -0.1) is 0 Å². The summed E-state index contributed by atoms with van der Waals surface area (Å²) in [5.74, 6) is -2.73. The zero-order chi connectivity index (χ0) is 33.3. The molecule has 4 N–H and O–H groups in total. The SMILES string of the molecule is CN1C[C@]2(Cc3ccccc3)c3ccccc3N[C@]2(NC(=O)C(=O)N[C@]23Nc4ccccc4[C@@]2(Cc2ccccc2)CN(C)C3=O)C1=O. The van der Waals surface area contributed by atoms with Crippen LogP contribution in [0.4, 0.5) is 11.4 Å². The van der Waals surface area contributed by atoms with Crippen molar-refractivity contribution in [1.29, 1.82) is 0 Å². The maximum absolute atomic E-state index is 14.2. The predicted octanol–water partition coefficient (Wildman–Crippen LogP) is 2.77. The van der Waals surface area contributed by atoms with Gasteiger partial charge in [0.15, 0.2) is 0 Å². The summed E-state index contributed by atoms with van der Waals surface area (Å²) in [5, 5.41) is 12.5. The monoisotopic (exact) mass is 640 g/mol. The van der Waals surface area contributed by atoms with Crippen LogP contribution in [-0.4, -0.2) is 71.9 Å². The van der Waals surface area contributed by atoms with E-state index >= 15 is 0 Å². The van der Waals surface area contributed by atoms with Crippen LogP contribution in [-0.2, 0) is 42.8 Å². The number of anilines is 2. The lowest BCUT2D eigenvalue weighted by molar-refractivity contribution is -0.145. The Labute approximate surface area is 278 Å². The Hall–Kier alpha value is -5.64. The molecular weight excluding hydrogens is 604 g/mol. The Morgan fingerprint density at radius 1 is 0.583 bits per heavy atom. The molecule has 4 aliphatic heterocycles. The fourth-order valence-corrected chi connectivity index (χ4v) is 8.83. The summed E-state index contributed by atoms with van der Waals surface area (Å²) in [5.41, 5.74) is 0.0440. The van der Waals surface area contributed by atoms with Gasteiger partial charge in [0, 0.05) is 38.6 Å². The molecule has 4 heterocycles. The standard InChI is InChI=1S/C38H36N6O4/c1-43-23-35(21-25-13-5-3-6-14-25)27-17-9-11-19-29(27)39-37(35,33(43)47)41-31(45)32(46)42-38-34(48)44(2)24-36(38,22-26-15-7-4-8-16-26)28-18-10-12-20-30(28)40-38/h3-20,39-40H,21-24H2,1-2H3,(H,41,45)(H,42,46)/t35-,36-,37+,38+/m1/s1. The van der Waals surface area contributed by atoms with Gasteiger partial charge in [-0.2, -0.15) is 0 Å². The number of hydrogen-bond acceptors (Lipinski definition) is 6. The van der Waals surface area contributed by atoms with Crippen molar-refractivity contribution in [2.45, 2.75) is 35.0 Å². The van der Waals surface area contributed by atoms with E-state index in [4.69, 9.17) is 0 Å². The van der Waals surface area contributed by atoms with E-state index < -0.39 is 34.0 Å². The summed E-state index contributed by atoms with van der Waals surface area (Å²) < 4.78 is 0. The van der Waals surface area contributed by atoms with Crippen LogP contribution in [0, 0.1) is 0 Å². The van der Waals surface area contributed by atoms with Gasteiger partial charge in [0.25, 0.3) is 11.8 Å². The summed E-state index contributed by atoms with van der Waals surface area (Å²) in [7, 11) is 3.41. The molecule has 0 unspecified atom stereocenters. The fourth-order valence-electron chi connectivity index (χ4n) is 8.83. The lowest BCUT2D eigenvalue weighted by atomic mass is 9.70. The van der Waals surface area contributed by atoms with Gasteiger partial charge in [-0.25, -0.2) is 0 Å². The number of amides is 4. The van der Waals surface area contributed by atoms with Crippen molar-refractivity contribution >= 4 is 35.0 Å². The third kappa shape index (κ3) is 3.92. The van der Waals surface area contributed by atoms with E-state index in [-0.39, 0.29) is 11.8 Å². The van der Waals surface area contributed by atoms with Crippen LogP contribution >= 0.6 is 0 Å². The highest BCUT2D eigenvalue weighted by Gasteiger charge is 2.71. The number of hydrogen-bond donors (Lipinski definition) is 4. The summed E-state index contributed by atoms with van der Waals surface area (Å²) in [6.45, 7) is 0.633. The Bertz CT molecular complexity index is 1840. The van der Waals surface area contributed by atoms with Crippen LogP contribution < -0.4 is 21.3 Å². The van der Waals surface area contributed by atoms with Crippen LogP contribution in [0.15, 0.2) is 109 Å². The zero-order valence-corrected chi connectivity index (χ0v) is 26.7.